The maximum absolute atomic E-state index is 12.2. The minimum Gasteiger partial charge on any atom is -0.495 e. The van der Waals surface area contributed by atoms with Crippen LogP contribution in [0.2, 0.25) is 0 Å². The second kappa shape index (κ2) is 9.31. The van der Waals surface area contributed by atoms with Gasteiger partial charge in [0, 0.05) is 24.5 Å². The molecule has 0 unspecified atom stereocenters. The first-order chi connectivity index (χ1) is 12.8. The number of rotatable bonds is 7. The van der Waals surface area contributed by atoms with Crippen molar-refractivity contribution in [3.63, 3.8) is 0 Å². The Hall–Kier alpha value is -2.68. The summed E-state index contributed by atoms with van der Waals surface area (Å²) in [5.41, 5.74) is 0.444. The van der Waals surface area contributed by atoms with Crippen molar-refractivity contribution in [3.8, 4) is 5.75 Å². The highest BCUT2D eigenvalue weighted by atomic mass is 32.1. The normalized spacial score (nSPS) is 11.0. The average molecular weight is 392 g/mol. The lowest BCUT2D eigenvalue weighted by atomic mass is 10.2. The van der Waals surface area contributed by atoms with Crippen molar-refractivity contribution in [1.82, 2.24) is 20.6 Å². The molecule has 146 valence electrons. The van der Waals surface area contributed by atoms with Crippen LogP contribution in [0, 0.1) is 0 Å². The third kappa shape index (κ3) is 6.86. The number of nitrogens with one attached hydrogen (secondary N) is 2. The van der Waals surface area contributed by atoms with Gasteiger partial charge in [-0.25, -0.2) is 9.78 Å². The number of nitrogens with zero attached hydrogens (tertiary/aromatic N) is 2. The van der Waals surface area contributed by atoms with Gasteiger partial charge in [0.05, 0.1) is 18.7 Å². The number of hydrogen-bond donors (Lipinski definition) is 2. The average Bonchev–Trinajstić information content (AvgIpc) is 3.07. The third-order valence-corrected chi connectivity index (χ3v) is 4.18. The van der Waals surface area contributed by atoms with E-state index in [1.807, 2.05) is 0 Å². The Bertz CT molecular complexity index is 786. The lowest BCUT2D eigenvalue weighted by Crippen LogP contribution is -2.33. The summed E-state index contributed by atoms with van der Waals surface area (Å²) in [5.74, 6) is 0.329. The maximum atomic E-state index is 12.2. The lowest BCUT2D eigenvalue weighted by molar-refractivity contribution is 0.0528. The van der Waals surface area contributed by atoms with Crippen LogP contribution in [0.5, 0.6) is 5.75 Å². The molecule has 2 heterocycles. The molecular weight excluding hydrogens is 368 g/mol. The summed E-state index contributed by atoms with van der Waals surface area (Å²) in [6, 6.07) is 3.55. The zero-order valence-corrected chi connectivity index (χ0v) is 16.7. The number of thiazole rings is 1. The van der Waals surface area contributed by atoms with Gasteiger partial charge in [0.25, 0.3) is 5.91 Å². The maximum Gasteiger partial charge on any atom is 0.407 e. The number of aromatic nitrogens is 2. The van der Waals surface area contributed by atoms with E-state index < -0.39 is 11.7 Å². The van der Waals surface area contributed by atoms with Gasteiger partial charge in [-0.3, -0.25) is 9.78 Å². The van der Waals surface area contributed by atoms with Gasteiger partial charge >= 0.3 is 6.09 Å². The van der Waals surface area contributed by atoms with Crippen molar-refractivity contribution in [2.75, 3.05) is 13.7 Å². The predicted molar refractivity (Wildman–Crippen MR) is 102 cm³/mol. The van der Waals surface area contributed by atoms with Crippen LogP contribution in [0.3, 0.4) is 0 Å². The summed E-state index contributed by atoms with van der Waals surface area (Å²) in [4.78, 5) is 32.3. The molecule has 2 aromatic heterocycles. The van der Waals surface area contributed by atoms with Gasteiger partial charge in [0.1, 0.15) is 22.7 Å². The van der Waals surface area contributed by atoms with Gasteiger partial charge in [-0.2, -0.15) is 0 Å². The highest BCUT2D eigenvalue weighted by Crippen LogP contribution is 2.15. The summed E-state index contributed by atoms with van der Waals surface area (Å²) < 4.78 is 10.4. The largest absolute Gasteiger partial charge is 0.495 e. The van der Waals surface area contributed by atoms with E-state index in [-0.39, 0.29) is 12.5 Å². The Balaban J connectivity index is 1.80. The molecule has 2 aromatic rings. The molecule has 0 aromatic carbocycles. The number of carbonyl (C=O) groups is 2. The molecule has 0 spiro atoms. The van der Waals surface area contributed by atoms with Crippen molar-refractivity contribution in [2.24, 2.45) is 0 Å². The van der Waals surface area contributed by atoms with Gasteiger partial charge in [-0.05, 0) is 32.9 Å². The third-order valence-electron chi connectivity index (χ3n) is 3.28. The second-order valence-corrected chi connectivity index (χ2v) is 7.58. The summed E-state index contributed by atoms with van der Waals surface area (Å²) >= 11 is 1.37. The molecule has 0 saturated heterocycles. The zero-order valence-electron chi connectivity index (χ0n) is 15.9. The van der Waals surface area contributed by atoms with E-state index in [9.17, 15) is 9.59 Å². The Morgan fingerprint density at radius 2 is 2.04 bits per heavy atom. The number of alkyl carbamates (subject to hydrolysis) is 1. The van der Waals surface area contributed by atoms with Crippen LogP contribution in [0.25, 0.3) is 0 Å². The highest BCUT2D eigenvalue weighted by Gasteiger charge is 2.16. The molecular formula is C18H24N4O4S. The Kier molecular flexibility index (Phi) is 7.12. The minimum absolute atomic E-state index is 0.246. The van der Waals surface area contributed by atoms with Crippen LogP contribution in [0.1, 0.15) is 42.0 Å². The van der Waals surface area contributed by atoms with Crippen LogP contribution in [0.4, 0.5) is 4.79 Å². The van der Waals surface area contributed by atoms with Crippen LogP contribution in [-0.2, 0) is 17.7 Å². The molecule has 2 N–H and O–H groups in total. The van der Waals surface area contributed by atoms with Crippen molar-refractivity contribution >= 4 is 23.3 Å². The quantitative estimate of drug-likeness (QED) is 0.751. The van der Waals surface area contributed by atoms with Crippen molar-refractivity contribution in [1.29, 1.82) is 0 Å². The van der Waals surface area contributed by atoms with Crippen LogP contribution < -0.4 is 15.4 Å². The first kappa shape index (κ1) is 20.6. The molecule has 2 amide bonds. The van der Waals surface area contributed by atoms with Crippen LogP contribution in [0.15, 0.2) is 23.7 Å². The molecule has 0 radical (unpaired) electrons. The van der Waals surface area contributed by atoms with E-state index >= 15 is 0 Å². The molecule has 0 fully saturated rings. The van der Waals surface area contributed by atoms with Gasteiger partial charge in [0.2, 0.25) is 0 Å². The Morgan fingerprint density at radius 1 is 1.26 bits per heavy atom. The first-order valence-corrected chi connectivity index (χ1v) is 9.34. The topological polar surface area (TPSA) is 102 Å². The van der Waals surface area contributed by atoms with E-state index in [1.165, 1.54) is 11.3 Å². The summed E-state index contributed by atoms with van der Waals surface area (Å²) in [6.07, 6.45) is 1.69. The fourth-order valence-corrected chi connectivity index (χ4v) is 2.89. The fourth-order valence-electron chi connectivity index (χ4n) is 2.11. The monoisotopic (exact) mass is 392 g/mol. The first-order valence-electron chi connectivity index (χ1n) is 8.46. The molecule has 9 heteroatoms. The molecule has 0 aliphatic rings. The molecule has 8 nitrogen and oxygen atoms in total. The number of carbonyl (C=O) groups excluding carboxylic acids is 2. The Labute approximate surface area is 162 Å². The SMILES string of the molecule is COc1cccnc1CNC(=O)c1csc(CCNC(=O)OC(C)(C)C)n1. The number of pyridine rings is 1. The standard InChI is InChI=1S/C18H24N4O4S/c1-18(2,3)26-17(24)20-9-7-15-22-13(11-27-15)16(23)21-10-12-14(25-4)6-5-8-19-12/h5-6,8,11H,7,9-10H2,1-4H3,(H,20,24)(H,21,23). The van der Waals surface area contributed by atoms with Crippen LogP contribution in [-0.4, -0.2) is 41.2 Å². The number of ether oxygens (including phenoxy) is 2. The summed E-state index contributed by atoms with van der Waals surface area (Å²) in [5, 5.41) is 7.89. The van der Waals surface area contributed by atoms with E-state index in [0.717, 1.165) is 5.01 Å². The van der Waals surface area contributed by atoms with E-state index in [4.69, 9.17) is 9.47 Å². The molecule has 0 aliphatic heterocycles. The zero-order chi connectivity index (χ0) is 19.9. The van der Waals surface area contributed by atoms with Crippen molar-refractivity contribution in [3.05, 3.63) is 40.1 Å². The number of methoxy groups -OCH3 is 1. The van der Waals surface area contributed by atoms with E-state index in [1.54, 1.807) is 51.6 Å². The highest BCUT2D eigenvalue weighted by molar-refractivity contribution is 7.09. The summed E-state index contributed by atoms with van der Waals surface area (Å²) in [7, 11) is 1.56. The van der Waals surface area contributed by atoms with E-state index in [0.29, 0.717) is 30.1 Å². The summed E-state index contributed by atoms with van der Waals surface area (Å²) in [6.45, 7) is 6.04. The Morgan fingerprint density at radius 3 is 2.74 bits per heavy atom. The lowest BCUT2D eigenvalue weighted by Gasteiger charge is -2.19. The van der Waals surface area contributed by atoms with Gasteiger partial charge in [0.15, 0.2) is 0 Å². The molecule has 27 heavy (non-hydrogen) atoms. The molecule has 0 aliphatic carbocycles. The number of amides is 2. The van der Waals surface area contributed by atoms with Gasteiger partial charge in [-0.1, -0.05) is 0 Å². The van der Waals surface area contributed by atoms with Crippen molar-refractivity contribution in [2.45, 2.75) is 39.3 Å². The molecule has 0 bridgehead atoms. The second-order valence-electron chi connectivity index (χ2n) is 6.64. The van der Waals surface area contributed by atoms with Gasteiger partial charge < -0.3 is 20.1 Å². The smallest absolute Gasteiger partial charge is 0.407 e. The minimum atomic E-state index is -0.535. The fraction of sp³-hybridized carbons (Fsp3) is 0.444. The molecule has 0 atom stereocenters. The predicted octanol–water partition coefficient (Wildman–Crippen LogP) is 2.54. The van der Waals surface area contributed by atoms with E-state index in [2.05, 4.69) is 20.6 Å². The number of hydrogen-bond acceptors (Lipinski definition) is 7. The molecule has 0 saturated carbocycles. The van der Waals surface area contributed by atoms with Crippen molar-refractivity contribution < 1.29 is 19.1 Å². The van der Waals surface area contributed by atoms with Gasteiger partial charge in [-0.15, -0.1) is 11.3 Å². The molecule has 2 rings (SSSR count). The van der Waals surface area contributed by atoms with Crippen LogP contribution >= 0.6 is 11.3 Å².